The molecule has 4 heteroatoms. The number of nitrogens with one attached hydrogen (secondary N) is 1. The molecular weight excluding hydrogens is 124 g/mol. The van der Waals surface area contributed by atoms with Crippen molar-refractivity contribution < 1.29 is 5.11 Å². The first-order valence-corrected chi connectivity index (χ1v) is 2.87. The summed E-state index contributed by atoms with van der Waals surface area (Å²) < 4.78 is 0. The maximum absolute atomic E-state index is 8.49. The maximum atomic E-state index is 8.49. The van der Waals surface area contributed by atoms with Crippen LogP contribution in [0.3, 0.4) is 0 Å². The SMILES string of the molecule is C/C(O)=C/SC(=N)N. The summed E-state index contributed by atoms with van der Waals surface area (Å²) in [6, 6.07) is 0. The zero-order chi connectivity index (χ0) is 6.57. The molecular formula is C4H8N2OS. The summed E-state index contributed by atoms with van der Waals surface area (Å²) in [6.07, 6.45) is 0. The largest absolute Gasteiger partial charge is 0.512 e. The molecule has 0 aromatic rings. The van der Waals surface area contributed by atoms with Crippen molar-refractivity contribution in [1.29, 1.82) is 5.41 Å². The fourth-order valence-electron chi connectivity index (χ4n) is 0.149. The predicted octanol–water partition coefficient (Wildman–Crippen LogP) is 1.03. The molecule has 0 aromatic heterocycles. The molecule has 0 spiro atoms. The molecule has 0 heterocycles. The normalized spacial score (nSPS) is 11.4. The standard InChI is InChI=1S/C4H8N2OS/c1-3(7)2-8-4(5)6/h2,7H,1H3,(H3,5,6)/b3-2-. The molecule has 0 aliphatic heterocycles. The number of nitrogens with two attached hydrogens (primary N) is 1. The lowest BCUT2D eigenvalue weighted by molar-refractivity contribution is 0.416. The van der Waals surface area contributed by atoms with Crippen LogP contribution in [-0.2, 0) is 0 Å². The first-order valence-electron chi connectivity index (χ1n) is 1.99. The second-order valence-electron chi connectivity index (χ2n) is 1.24. The molecule has 0 aromatic carbocycles. The Labute approximate surface area is 52.1 Å². The van der Waals surface area contributed by atoms with Crippen LogP contribution in [0.15, 0.2) is 11.2 Å². The Hall–Kier alpha value is -0.640. The number of aliphatic hydroxyl groups excluding tert-OH is 1. The molecule has 0 fully saturated rings. The summed E-state index contributed by atoms with van der Waals surface area (Å²) in [6.45, 7) is 1.52. The van der Waals surface area contributed by atoms with Gasteiger partial charge in [-0.3, -0.25) is 5.41 Å². The van der Waals surface area contributed by atoms with Gasteiger partial charge in [0.25, 0.3) is 0 Å². The number of hydrogen-bond donors (Lipinski definition) is 3. The van der Waals surface area contributed by atoms with Crippen LogP contribution in [0.25, 0.3) is 0 Å². The molecule has 0 atom stereocenters. The van der Waals surface area contributed by atoms with Crippen LogP contribution in [-0.4, -0.2) is 10.3 Å². The monoisotopic (exact) mass is 132 g/mol. The molecule has 0 saturated carbocycles. The zero-order valence-electron chi connectivity index (χ0n) is 4.51. The quantitative estimate of drug-likeness (QED) is 0.283. The van der Waals surface area contributed by atoms with Gasteiger partial charge in [0.05, 0.1) is 5.76 Å². The Balaban J connectivity index is 3.45. The highest BCUT2D eigenvalue weighted by atomic mass is 32.2. The zero-order valence-corrected chi connectivity index (χ0v) is 5.33. The van der Waals surface area contributed by atoms with Gasteiger partial charge in [-0.1, -0.05) is 11.8 Å². The van der Waals surface area contributed by atoms with E-state index in [0.717, 1.165) is 11.8 Å². The van der Waals surface area contributed by atoms with E-state index >= 15 is 0 Å². The van der Waals surface area contributed by atoms with E-state index in [2.05, 4.69) is 0 Å². The lowest BCUT2D eigenvalue weighted by Crippen LogP contribution is -2.01. The van der Waals surface area contributed by atoms with Crippen molar-refractivity contribution in [2.75, 3.05) is 0 Å². The van der Waals surface area contributed by atoms with Crippen molar-refractivity contribution in [3.05, 3.63) is 11.2 Å². The van der Waals surface area contributed by atoms with Gasteiger partial charge in [-0.25, -0.2) is 0 Å². The number of rotatable bonds is 1. The summed E-state index contributed by atoms with van der Waals surface area (Å²) in [5, 5.41) is 16.6. The van der Waals surface area contributed by atoms with Crippen molar-refractivity contribution in [2.24, 2.45) is 5.73 Å². The number of aliphatic hydroxyl groups is 1. The molecule has 0 amide bonds. The summed E-state index contributed by atoms with van der Waals surface area (Å²) in [5.74, 6) is 0.171. The summed E-state index contributed by atoms with van der Waals surface area (Å²) >= 11 is 0.988. The second kappa shape index (κ2) is 3.37. The van der Waals surface area contributed by atoms with Crippen LogP contribution in [0.4, 0.5) is 0 Å². The lowest BCUT2D eigenvalue weighted by atomic mass is 10.7. The van der Waals surface area contributed by atoms with Gasteiger partial charge >= 0.3 is 0 Å². The van der Waals surface area contributed by atoms with E-state index in [0.29, 0.717) is 0 Å². The first kappa shape index (κ1) is 7.36. The van der Waals surface area contributed by atoms with Crippen molar-refractivity contribution in [3.8, 4) is 0 Å². The molecule has 4 N–H and O–H groups in total. The van der Waals surface area contributed by atoms with Gasteiger partial charge < -0.3 is 10.8 Å². The minimum absolute atomic E-state index is 0.0154. The number of allylic oxidation sites excluding steroid dienone is 1. The van der Waals surface area contributed by atoms with Crippen LogP contribution >= 0.6 is 11.8 Å². The van der Waals surface area contributed by atoms with Crippen LogP contribution in [0.1, 0.15) is 6.92 Å². The van der Waals surface area contributed by atoms with E-state index in [1.807, 2.05) is 0 Å². The molecule has 0 bridgehead atoms. The van der Waals surface area contributed by atoms with Gasteiger partial charge in [0.1, 0.15) is 0 Å². The third-order valence-corrected chi connectivity index (χ3v) is 1.07. The van der Waals surface area contributed by atoms with E-state index in [9.17, 15) is 0 Å². The third kappa shape index (κ3) is 5.36. The maximum Gasteiger partial charge on any atom is 0.155 e. The smallest absolute Gasteiger partial charge is 0.155 e. The number of hydrogen-bond acceptors (Lipinski definition) is 3. The Morgan fingerprint density at radius 1 is 1.88 bits per heavy atom. The Bertz CT molecular complexity index is 117. The average molecular weight is 132 g/mol. The van der Waals surface area contributed by atoms with Crippen molar-refractivity contribution in [1.82, 2.24) is 0 Å². The van der Waals surface area contributed by atoms with Gasteiger partial charge in [0.15, 0.2) is 5.17 Å². The Morgan fingerprint density at radius 3 is 2.50 bits per heavy atom. The molecule has 0 aliphatic carbocycles. The molecule has 46 valence electrons. The fourth-order valence-corrected chi connectivity index (χ4v) is 0.446. The second-order valence-corrected chi connectivity index (χ2v) is 2.15. The van der Waals surface area contributed by atoms with Gasteiger partial charge in [-0.15, -0.1) is 0 Å². The van der Waals surface area contributed by atoms with Crippen molar-refractivity contribution in [3.63, 3.8) is 0 Å². The van der Waals surface area contributed by atoms with Gasteiger partial charge in [0, 0.05) is 5.41 Å². The Kier molecular flexibility index (Phi) is 3.10. The topological polar surface area (TPSA) is 70.1 Å². The molecule has 8 heavy (non-hydrogen) atoms. The highest BCUT2D eigenvalue weighted by molar-refractivity contribution is 8.16. The molecule has 0 aliphatic rings. The van der Waals surface area contributed by atoms with E-state index in [1.54, 1.807) is 0 Å². The van der Waals surface area contributed by atoms with Crippen LogP contribution < -0.4 is 5.73 Å². The van der Waals surface area contributed by atoms with Gasteiger partial charge in [-0.2, -0.15) is 0 Å². The van der Waals surface area contributed by atoms with E-state index in [-0.39, 0.29) is 10.9 Å². The van der Waals surface area contributed by atoms with Crippen LogP contribution in [0, 0.1) is 5.41 Å². The third-order valence-electron chi connectivity index (χ3n) is 0.356. The van der Waals surface area contributed by atoms with Crippen LogP contribution in [0.5, 0.6) is 0 Å². The molecule has 0 rings (SSSR count). The highest BCUT2D eigenvalue weighted by Gasteiger charge is 1.83. The van der Waals surface area contributed by atoms with Crippen LogP contribution in [0.2, 0.25) is 0 Å². The molecule has 0 saturated heterocycles. The fraction of sp³-hybridized carbons (Fsp3) is 0.250. The van der Waals surface area contributed by atoms with E-state index in [1.165, 1.54) is 12.3 Å². The molecule has 0 unspecified atom stereocenters. The summed E-state index contributed by atoms with van der Waals surface area (Å²) in [7, 11) is 0. The molecule has 3 nitrogen and oxygen atoms in total. The van der Waals surface area contributed by atoms with Crippen molar-refractivity contribution >= 4 is 16.9 Å². The van der Waals surface area contributed by atoms with Crippen molar-refractivity contribution in [2.45, 2.75) is 6.92 Å². The minimum atomic E-state index is -0.0154. The first-order chi connectivity index (χ1) is 3.63. The predicted molar refractivity (Wildman–Crippen MR) is 35.9 cm³/mol. The average Bonchev–Trinajstić information content (AvgIpc) is 1.61. The van der Waals surface area contributed by atoms with E-state index < -0.39 is 0 Å². The van der Waals surface area contributed by atoms with Gasteiger partial charge in [-0.05, 0) is 6.92 Å². The highest BCUT2D eigenvalue weighted by Crippen LogP contribution is 2.01. The number of thioether (sulfide) groups is 1. The summed E-state index contributed by atoms with van der Waals surface area (Å²) in [4.78, 5) is 0. The van der Waals surface area contributed by atoms with Gasteiger partial charge in [0.2, 0.25) is 0 Å². The minimum Gasteiger partial charge on any atom is -0.512 e. The van der Waals surface area contributed by atoms with E-state index in [4.69, 9.17) is 16.2 Å². The Morgan fingerprint density at radius 2 is 2.38 bits per heavy atom. The summed E-state index contributed by atoms with van der Waals surface area (Å²) in [5.41, 5.74) is 4.93. The number of amidine groups is 1. The molecule has 0 radical (unpaired) electrons. The lowest BCUT2D eigenvalue weighted by Gasteiger charge is -1.87.